The lowest BCUT2D eigenvalue weighted by atomic mass is 10.1. The van der Waals surface area contributed by atoms with Crippen LogP contribution in [-0.2, 0) is 11.3 Å². The summed E-state index contributed by atoms with van der Waals surface area (Å²) in [7, 11) is 0. The fourth-order valence-corrected chi connectivity index (χ4v) is 5.21. The number of hydrogen-bond acceptors (Lipinski definition) is 8. The molecule has 43 heavy (non-hydrogen) atoms. The average Bonchev–Trinajstić information content (AvgIpc) is 3.52. The summed E-state index contributed by atoms with van der Waals surface area (Å²) in [5.41, 5.74) is 4.69. The lowest BCUT2D eigenvalue weighted by Crippen LogP contribution is -2.40. The number of H-pyrrole nitrogens is 1. The molecule has 4 N–H and O–H groups in total. The molecule has 1 unspecified atom stereocenters. The van der Waals surface area contributed by atoms with Crippen molar-refractivity contribution in [3.8, 4) is 17.0 Å². The maximum absolute atomic E-state index is 13.5. The molecule has 0 saturated carbocycles. The van der Waals surface area contributed by atoms with E-state index in [1.54, 1.807) is 24.3 Å². The molecule has 11 heteroatoms. The van der Waals surface area contributed by atoms with Crippen LogP contribution < -0.4 is 15.4 Å². The zero-order valence-corrected chi connectivity index (χ0v) is 24.1. The van der Waals surface area contributed by atoms with Crippen LogP contribution in [0.2, 0.25) is 5.02 Å². The molecule has 0 aliphatic carbocycles. The second-order valence-electron chi connectivity index (χ2n) is 10.3. The van der Waals surface area contributed by atoms with Crippen LogP contribution in [0.15, 0.2) is 79.1 Å². The molecule has 0 amide bonds. The van der Waals surface area contributed by atoms with Crippen molar-refractivity contribution in [2.75, 3.05) is 44.7 Å². The van der Waals surface area contributed by atoms with Crippen LogP contribution >= 0.6 is 11.6 Å². The number of ether oxygens (including phenoxy) is 2. The molecule has 6 rings (SSSR count). The predicted molar refractivity (Wildman–Crippen MR) is 165 cm³/mol. The largest absolute Gasteiger partial charge is 0.487 e. The van der Waals surface area contributed by atoms with E-state index in [2.05, 4.69) is 30.5 Å². The van der Waals surface area contributed by atoms with Gasteiger partial charge in [-0.05, 0) is 65.7 Å². The molecule has 0 spiro atoms. The van der Waals surface area contributed by atoms with E-state index in [0.29, 0.717) is 34.4 Å². The van der Waals surface area contributed by atoms with Crippen LogP contribution in [-0.4, -0.2) is 64.4 Å². The molecule has 5 aromatic rings. The highest BCUT2D eigenvalue weighted by Gasteiger charge is 2.14. The van der Waals surface area contributed by atoms with Gasteiger partial charge in [-0.15, -0.1) is 0 Å². The third-order valence-corrected chi connectivity index (χ3v) is 7.59. The van der Waals surface area contributed by atoms with Crippen molar-refractivity contribution < 1.29 is 19.0 Å². The summed E-state index contributed by atoms with van der Waals surface area (Å²) in [5.74, 6) is 0.799. The number of halogens is 2. The number of hydrogen-bond donors (Lipinski definition) is 4. The summed E-state index contributed by atoms with van der Waals surface area (Å²) in [4.78, 5) is 14.5. The van der Waals surface area contributed by atoms with Crippen molar-refractivity contribution in [1.29, 1.82) is 0 Å². The van der Waals surface area contributed by atoms with Crippen LogP contribution in [0.4, 0.5) is 15.9 Å². The van der Waals surface area contributed by atoms with E-state index in [0.717, 1.165) is 60.7 Å². The number of aromatic nitrogens is 3. The third-order valence-electron chi connectivity index (χ3n) is 7.30. The lowest BCUT2D eigenvalue weighted by Gasteiger charge is -2.27. The van der Waals surface area contributed by atoms with Crippen molar-refractivity contribution in [1.82, 2.24) is 25.2 Å². The fourth-order valence-electron chi connectivity index (χ4n) is 4.98. The van der Waals surface area contributed by atoms with Gasteiger partial charge >= 0.3 is 0 Å². The molecule has 9 nitrogen and oxygen atoms in total. The minimum absolute atomic E-state index is 0.200. The summed E-state index contributed by atoms with van der Waals surface area (Å²) in [6, 6.07) is 21.4. The van der Waals surface area contributed by atoms with E-state index in [-0.39, 0.29) is 12.4 Å². The molecular weight excluding hydrogens is 571 g/mol. The number of aliphatic hydroxyl groups excluding tert-OH is 1. The van der Waals surface area contributed by atoms with Crippen LogP contribution in [0.1, 0.15) is 17.5 Å². The van der Waals surface area contributed by atoms with Crippen LogP contribution in [0, 0.1) is 5.82 Å². The van der Waals surface area contributed by atoms with E-state index < -0.39 is 6.23 Å². The van der Waals surface area contributed by atoms with Gasteiger partial charge in [-0.3, -0.25) is 10.2 Å². The minimum atomic E-state index is -0.804. The van der Waals surface area contributed by atoms with E-state index in [1.807, 2.05) is 36.4 Å². The smallest absolute Gasteiger partial charge is 0.145 e. The molecule has 222 valence electrons. The van der Waals surface area contributed by atoms with Crippen LogP contribution in [0.3, 0.4) is 0 Å². The highest BCUT2D eigenvalue weighted by atomic mass is 35.5. The Bertz CT molecular complexity index is 1690. The predicted octanol–water partition coefficient (Wildman–Crippen LogP) is 5.65. The Morgan fingerprint density at radius 3 is 2.77 bits per heavy atom. The summed E-state index contributed by atoms with van der Waals surface area (Å²) in [6.45, 7) is 5.06. The van der Waals surface area contributed by atoms with Gasteiger partial charge in [0, 0.05) is 42.9 Å². The summed E-state index contributed by atoms with van der Waals surface area (Å²) in [6.07, 6.45) is 0.704. The summed E-state index contributed by atoms with van der Waals surface area (Å²) < 4.78 is 24.7. The van der Waals surface area contributed by atoms with Crippen molar-refractivity contribution >= 4 is 34.0 Å². The maximum atomic E-state index is 13.5. The molecule has 1 aliphatic heterocycles. The molecule has 0 bridgehead atoms. The molecular formula is C32H32ClFN6O3. The molecule has 1 saturated heterocycles. The van der Waals surface area contributed by atoms with Crippen LogP contribution in [0.25, 0.3) is 22.2 Å². The first-order chi connectivity index (χ1) is 21.0. The first-order valence-corrected chi connectivity index (χ1v) is 14.5. The van der Waals surface area contributed by atoms with Crippen molar-refractivity contribution in [3.63, 3.8) is 0 Å². The van der Waals surface area contributed by atoms with Gasteiger partial charge in [-0.2, -0.15) is 0 Å². The van der Waals surface area contributed by atoms with E-state index >= 15 is 0 Å². The molecule has 0 radical (unpaired) electrons. The van der Waals surface area contributed by atoms with Gasteiger partial charge in [0.15, 0.2) is 0 Å². The molecule has 2 aromatic heterocycles. The van der Waals surface area contributed by atoms with Crippen molar-refractivity contribution in [3.05, 3.63) is 101 Å². The normalized spacial score (nSPS) is 14.6. The van der Waals surface area contributed by atoms with Gasteiger partial charge < -0.3 is 24.9 Å². The van der Waals surface area contributed by atoms with Crippen molar-refractivity contribution in [2.24, 2.45) is 0 Å². The first kappa shape index (κ1) is 29.0. The quantitative estimate of drug-likeness (QED) is 0.144. The zero-order valence-electron chi connectivity index (χ0n) is 23.4. The lowest BCUT2D eigenvalue weighted by molar-refractivity contribution is 0.0355. The topological polar surface area (TPSA) is 108 Å². The van der Waals surface area contributed by atoms with Gasteiger partial charge in [0.05, 0.1) is 29.4 Å². The SMILES string of the molecule is OC(NCCN1CCOCC1)c1ccc(-c2ccc3ncnc(Nc4ccc(OCc5cccc(F)c5)c(Cl)c4)c3c2)[nH]1. The fraction of sp³-hybridized carbons (Fsp3) is 0.250. The number of nitrogens with zero attached hydrogens (tertiary/aromatic N) is 3. The van der Waals surface area contributed by atoms with E-state index in [1.165, 1.54) is 18.5 Å². The minimum Gasteiger partial charge on any atom is -0.487 e. The average molecular weight is 603 g/mol. The van der Waals surface area contributed by atoms with Gasteiger partial charge in [0.1, 0.15) is 36.5 Å². The molecule has 1 atom stereocenters. The standard InChI is InChI=1S/C32H32ClFN6O3/c33-26-18-24(5-9-30(26)43-19-21-2-1-3-23(34)16-21)38-31-25-17-22(4-6-28(25)36-20-37-31)27-7-8-29(39-27)32(41)35-10-11-40-12-14-42-15-13-40/h1-9,16-18,20,32,35,39,41H,10-15,19H2,(H,36,37,38). The second kappa shape index (κ2) is 13.5. The zero-order chi connectivity index (χ0) is 29.6. The maximum Gasteiger partial charge on any atom is 0.145 e. The highest BCUT2D eigenvalue weighted by molar-refractivity contribution is 6.32. The van der Waals surface area contributed by atoms with E-state index in [4.69, 9.17) is 21.1 Å². The second-order valence-corrected chi connectivity index (χ2v) is 10.7. The summed E-state index contributed by atoms with van der Waals surface area (Å²) >= 11 is 6.51. The Kier molecular flexibility index (Phi) is 9.11. The molecule has 3 aromatic carbocycles. The Labute approximate surface area is 253 Å². The monoisotopic (exact) mass is 602 g/mol. The number of aromatic amines is 1. The van der Waals surface area contributed by atoms with Gasteiger partial charge in [0.25, 0.3) is 0 Å². The Balaban J connectivity index is 1.13. The highest BCUT2D eigenvalue weighted by Crippen LogP contribution is 2.32. The number of rotatable bonds is 11. The number of anilines is 2. The van der Waals surface area contributed by atoms with Gasteiger partial charge in [-0.25, -0.2) is 14.4 Å². The number of nitrogens with one attached hydrogen (secondary N) is 3. The van der Waals surface area contributed by atoms with Gasteiger partial charge in [-0.1, -0.05) is 29.8 Å². The molecule has 1 aliphatic rings. The molecule has 1 fully saturated rings. The number of aliphatic hydroxyl groups is 1. The third kappa shape index (κ3) is 7.30. The molecule has 3 heterocycles. The Morgan fingerprint density at radius 2 is 1.93 bits per heavy atom. The Morgan fingerprint density at radius 1 is 1.05 bits per heavy atom. The number of benzene rings is 3. The van der Waals surface area contributed by atoms with E-state index in [9.17, 15) is 9.50 Å². The summed E-state index contributed by atoms with van der Waals surface area (Å²) in [5, 5.41) is 18.4. The Hall–Kier alpha value is -4.06. The number of fused-ring (bicyclic) bond motifs is 1. The number of morpholine rings is 1. The van der Waals surface area contributed by atoms with Crippen LogP contribution in [0.5, 0.6) is 5.75 Å². The first-order valence-electron chi connectivity index (χ1n) is 14.1. The van der Waals surface area contributed by atoms with Gasteiger partial charge in [0.2, 0.25) is 0 Å². The van der Waals surface area contributed by atoms with Crippen molar-refractivity contribution in [2.45, 2.75) is 12.8 Å².